The summed E-state index contributed by atoms with van der Waals surface area (Å²) in [6.45, 7) is 2.76. The molecule has 0 amide bonds. The van der Waals surface area contributed by atoms with Gasteiger partial charge in [-0.25, -0.2) is 4.39 Å². The van der Waals surface area contributed by atoms with Crippen LogP contribution in [0.15, 0.2) is 18.2 Å². The Labute approximate surface area is 191 Å². The Hall–Kier alpha value is -1.04. The lowest BCUT2D eigenvalue weighted by Crippen LogP contribution is -2.35. The number of rotatable bonds is 7. The number of aliphatic hydroxyl groups excluding tert-OH is 1. The molecule has 3 aliphatic rings. The SMILES string of the molecule is CCCC(O)C1COC(c2ccc(C3CCC(C4CCC(CF)CC4)CC3)c(F)c2)OC1. The van der Waals surface area contributed by atoms with Gasteiger partial charge in [-0.15, -0.1) is 0 Å². The van der Waals surface area contributed by atoms with E-state index in [4.69, 9.17) is 9.47 Å². The largest absolute Gasteiger partial charge is 0.393 e. The molecule has 1 aromatic carbocycles. The summed E-state index contributed by atoms with van der Waals surface area (Å²) in [6, 6.07) is 5.44. The van der Waals surface area contributed by atoms with Gasteiger partial charge in [0, 0.05) is 11.5 Å². The molecule has 5 heteroatoms. The third-order valence-electron chi connectivity index (χ3n) is 8.34. The van der Waals surface area contributed by atoms with Gasteiger partial charge >= 0.3 is 0 Å². The predicted octanol–water partition coefficient (Wildman–Crippen LogP) is 6.70. The van der Waals surface area contributed by atoms with Crippen molar-refractivity contribution in [3.63, 3.8) is 0 Å². The van der Waals surface area contributed by atoms with Crippen molar-refractivity contribution in [1.82, 2.24) is 0 Å². The van der Waals surface area contributed by atoms with Crippen LogP contribution in [0.2, 0.25) is 0 Å². The van der Waals surface area contributed by atoms with E-state index in [1.54, 1.807) is 6.07 Å². The molecule has 2 aliphatic carbocycles. The van der Waals surface area contributed by atoms with Crippen LogP contribution in [0.4, 0.5) is 8.78 Å². The van der Waals surface area contributed by atoms with Gasteiger partial charge in [0.25, 0.3) is 0 Å². The second-order valence-corrected chi connectivity index (χ2v) is 10.4. The fraction of sp³-hybridized carbons (Fsp3) is 0.778. The Morgan fingerprint density at radius 2 is 1.59 bits per heavy atom. The average Bonchev–Trinajstić information content (AvgIpc) is 2.84. The van der Waals surface area contributed by atoms with Crippen molar-refractivity contribution in [2.75, 3.05) is 19.9 Å². The smallest absolute Gasteiger partial charge is 0.183 e. The van der Waals surface area contributed by atoms with Gasteiger partial charge in [-0.05, 0) is 93.1 Å². The van der Waals surface area contributed by atoms with Gasteiger partial charge in [0.05, 0.1) is 26.0 Å². The fourth-order valence-electron chi connectivity index (χ4n) is 6.20. The van der Waals surface area contributed by atoms with E-state index in [0.29, 0.717) is 24.7 Å². The zero-order valence-corrected chi connectivity index (χ0v) is 19.5. The minimum absolute atomic E-state index is 0.0162. The minimum atomic E-state index is -0.557. The standard InChI is InChI=1S/C27H40F2O3/c1-2-3-26(30)23-16-31-27(32-17-23)22-12-13-24(25(29)14-22)21-10-8-20(9-11-21)19-6-4-18(15-28)5-7-19/h12-14,18-21,23,26-27,30H,2-11,15-17H2,1H3. The molecule has 4 rings (SSSR count). The van der Waals surface area contributed by atoms with Crippen LogP contribution in [0, 0.1) is 29.5 Å². The highest BCUT2D eigenvalue weighted by Crippen LogP contribution is 2.44. The topological polar surface area (TPSA) is 38.7 Å². The van der Waals surface area contributed by atoms with Gasteiger partial charge in [0.1, 0.15) is 5.82 Å². The van der Waals surface area contributed by atoms with Gasteiger partial charge < -0.3 is 14.6 Å². The third-order valence-corrected chi connectivity index (χ3v) is 8.34. The molecular formula is C27H40F2O3. The first-order chi connectivity index (χ1) is 15.6. The molecule has 0 bridgehead atoms. The monoisotopic (exact) mass is 450 g/mol. The molecule has 32 heavy (non-hydrogen) atoms. The van der Waals surface area contributed by atoms with E-state index in [1.807, 2.05) is 19.1 Å². The van der Waals surface area contributed by atoms with Gasteiger partial charge in [0.15, 0.2) is 6.29 Å². The highest BCUT2D eigenvalue weighted by atomic mass is 19.1. The Morgan fingerprint density at radius 1 is 0.969 bits per heavy atom. The molecule has 3 nitrogen and oxygen atoms in total. The number of aliphatic hydroxyl groups is 1. The summed E-state index contributed by atoms with van der Waals surface area (Å²) < 4.78 is 39.5. The average molecular weight is 451 g/mol. The van der Waals surface area contributed by atoms with E-state index in [1.165, 1.54) is 12.8 Å². The van der Waals surface area contributed by atoms with Crippen LogP contribution >= 0.6 is 0 Å². The quantitative estimate of drug-likeness (QED) is 0.502. The summed E-state index contributed by atoms with van der Waals surface area (Å²) in [5.41, 5.74) is 1.54. The molecule has 3 fully saturated rings. The van der Waals surface area contributed by atoms with Crippen LogP contribution in [0.25, 0.3) is 0 Å². The lowest BCUT2D eigenvalue weighted by atomic mass is 9.68. The maximum atomic E-state index is 15.0. The van der Waals surface area contributed by atoms with Gasteiger partial charge in [-0.1, -0.05) is 25.5 Å². The normalized spacial score (nSPS) is 34.9. The third kappa shape index (κ3) is 5.71. The summed E-state index contributed by atoms with van der Waals surface area (Å²) in [6.07, 6.45) is 9.53. The van der Waals surface area contributed by atoms with Crippen molar-refractivity contribution in [1.29, 1.82) is 0 Å². The van der Waals surface area contributed by atoms with Crippen LogP contribution in [-0.2, 0) is 9.47 Å². The van der Waals surface area contributed by atoms with E-state index < -0.39 is 12.4 Å². The van der Waals surface area contributed by atoms with E-state index in [-0.39, 0.29) is 24.3 Å². The molecule has 1 atom stereocenters. The van der Waals surface area contributed by atoms with Gasteiger partial charge in [0.2, 0.25) is 0 Å². The first-order valence-electron chi connectivity index (χ1n) is 12.9. The maximum Gasteiger partial charge on any atom is 0.183 e. The van der Waals surface area contributed by atoms with Crippen LogP contribution in [0.3, 0.4) is 0 Å². The number of benzene rings is 1. The Morgan fingerprint density at radius 3 is 2.16 bits per heavy atom. The molecule has 1 unspecified atom stereocenters. The summed E-state index contributed by atoms with van der Waals surface area (Å²) in [4.78, 5) is 0. The lowest BCUT2D eigenvalue weighted by Gasteiger charge is -2.37. The Kier molecular flexibility index (Phi) is 8.58. The van der Waals surface area contributed by atoms with Crippen LogP contribution in [0.1, 0.15) is 94.5 Å². The van der Waals surface area contributed by atoms with Crippen LogP contribution in [-0.4, -0.2) is 31.1 Å². The van der Waals surface area contributed by atoms with Crippen molar-refractivity contribution in [3.05, 3.63) is 35.1 Å². The minimum Gasteiger partial charge on any atom is -0.393 e. The van der Waals surface area contributed by atoms with Gasteiger partial charge in [-0.2, -0.15) is 0 Å². The maximum absolute atomic E-state index is 15.0. The molecule has 180 valence electrons. The molecular weight excluding hydrogens is 410 g/mol. The summed E-state index contributed by atoms with van der Waals surface area (Å²) >= 11 is 0. The van der Waals surface area contributed by atoms with Crippen LogP contribution in [0.5, 0.6) is 0 Å². The molecule has 1 aliphatic heterocycles. The Balaban J connectivity index is 1.28. The zero-order chi connectivity index (χ0) is 22.5. The van der Waals surface area contributed by atoms with E-state index in [0.717, 1.165) is 68.8 Å². The highest BCUT2D eigenvalue weighted by molar-refractivity contribution is 5.28. The lowest BCUT2D eigenvalue weighted by molar-refractivity contribution is -0.219. The van der Waals surface area contributed by atoms with Crippen molar-refractivity contribution in [2.24, 2.45) is 23.7 Å². The summed E-state index contributed by atoms with van der Waals surface area (Å²) in [5.74, 6) is 1.87. The second-order valence-electron chi connectivity index (χ2n) is 10.4. The first kappa shape index (κ1) is 24.1. The number of halogens is 2. The van der Waals surface area contributed by atoms with Crippen molar-refractivity contribution >= 4 is 0 Å². The molecule has 2 saturated carbocycles. The second kappa shape index (κ2) is 11.4. The number of hydrogen-bond acceptors (Lipinski definition) is 3. The van der Waals surface area contributed by atoms with Crippen LogP contribution < -0.4 is 0 Å². The molecule has 1 saturated heterocycles. The van der Waals surface area contributed by atoms with Crippen molar-refractivity contribution < 1.29 is 23.4 Å². The van der Waals surface area contributed by atoms with E-state index in [2.05, 4.69) is 0 Å². The highest BCUT2D eigenvalue weighted by Gasteiger charge is 2.33. The summed E-state index contributed by atoms with van der Waals surface area (Å²) in [5, 5.41) is 10.1. The van der Waals surface area contributed by atoms with E-state index in [9.17, 15) is 9.50 Å². The first-order valence-corrected chi connectivity index (χ1v) is 12.9. The molecule has 1 aromatic rings. The zero-order valence-electron chi connectivity index (χ0n) is 19.5. The molecule has 1 N–H and O–H groups in total. The fourth-order valence-corrected chi connectivity index (χ4v) is 6.20. The summed E-state index contributed by atoms with van der Waals surface area (Å²) in [7, 11) is 0. The van der Waals surface area contributed by atoms with Crippen molar-refractivity contribution in [2.45, 2.75) is 89.4 Å². The van der Waals surface area contributed by atoms with Gasteiger partial charge in [-0.3, -0.25) is 4.39 Å². The predicted molar refractivity (Wildman–Crippen MR) is 122 cm³/mol. The molecule has 0 aromatic heterocycles. The number of alkyl halides is 1. The number of ether oxygens (including phenoxy) is 2. The molecule has 1 heterocycles. The van der Waals surface area contributed by atoms with Crippen molar-refractivity contribution in [3.8, 4) is 0 Å². The van der Waals surface area contributed by atoms with E-state index >= 15 is 4.39 Å². The number of hydrogen-bond donors (Lipinski definition) is 1. The Bertz CT molecular complexity index is 703. The molecule has 0 radical (unpaired) electrons. The molecule has 0 spiro atoms.